The highest BCUT2D eigenvalue weighted by molar-refractivity contribution is 5.82. The number of alkyl carbamates (subject to hydrolysis) is 1. The largest absolute Gasteiger partial charge is 0.444 e. The van der Waals surface area contributed by atoms with Gasteiger partial charge in [-0.25, -0.2) is 4.79 Å². The van der Waals surface area contributed by atoms with E-state index in [2.05, 4.69) is 10.6 Å². The van der Waals surface area contributed by atoms with Gasteiger partial charge in [0.1, 0.15) is 12.1 Å². The van der Waals surface area contributed by atoms with Gasteiger partial charge in [-0.05, 0) is 41.0 Å². The lowest BCUT2D eigenvalue weighted by atomic mass is 10.0. The number of hydrogen-bond donors (Lipinski definition) is 2. The maximum Gasteiger partial charge on any atom is 0.408 e. The Labute approximate surface area is 115 Å². The molecule has 2 amide bonds. The lowest BCUT2D eigenvalue weighted by Gasteiger charge is -2.23. The van der Waals surface area contributed by atoms with Crippen LogP contribution in [0, 0.1) is 0 Å². The Morgan fingerprint density at radius 1 is 1.16 bits per heavy atom. The van der Waals surface area contributed by atoms with E-state index in [4.69, 9.17) is 4.74 Å². The number of nitrogens with one attached hydrogen (secondary N) is 2. The molecule has 0 aromatic rings. The summed E-state index contributed by atoms with van der Waals surface area (Å²) in [5.41, 5.74) is -0.994. The van der Waals surface area contributed by atoms with Crippen molar-refractivity contribution in [2.45, 2.75) is 59.1 Å². The van der Waals surface area contributed by atoms with Gasteiger partial charge in [0, 0.05) is 0 Å². The Kier molecular flexibility index (Phi) is 6.59. The van der Waals surface area contributed by atoms with Gasteiger partial charge in [-0.1, -0.05) is 19.1 Å². The van der Waals surface area contributed by atoms with Gasteiger partial charge in [-0.3, -0.25) is 4.79 Å². The molecule has 0 spiro atoms. The molecule has 0 aromatic carbocycles. The molecule has 0 aliphatic carbocycles. The monoisotopic (exact) mass is 270 g/mol. The van der Waals surface area contributed by atoms with Crippen LogP contribution in [-0.4, -0.2) is 29.7 Å². The normalized spacial score (nSPS) is 12.3. The Morgan fingerprint density at radius 3 is 2.21 bits per heavy atom. The van der Waals surface area contributed by atoms with E-state index in [1.54, 1.807) is 20.8 Å². The molecule has 5 nitrogen and oxygen atoms in total. The zero-order valence-corrected chi connectivity index (χ0v) is 12.8. The molecule has 5 heteroatoms. The highest BCUT2D eigenvalue weighted by Gasteiger charge is 2.19. The number of hydrogen-bond acceptors (Lipinski definition) is 3. The van der Waals surface area contributed by atoms with Crippen LogP contribution in [0.1, 0.15) is 48.0 Å². The summed E-state index contributed by atoms with van der Waals surface area (Å²) in [7, 11) is 0. The van der Waals surface area contributed by atoms with Crippen LogP contribution in [0.3, 0.4) is 0 Å². The Morgan fingerprint density at radius 2 is 1.74 bits per heavy atom. The van der Waals surface area contributed by atoms with Crippen LogP contribution in [0.4, 0.5) is 4.79 Å². The van der Waals surface area contributed by atoms with E-state index >= 15 is 0 Å². The molecule has 0 bridgehead atoms. The molecule has 0 aromatic heterocycles. The second-order valence-electron chi connectivity index (χ2n) is 5.94. The minimum absolute atomic E-state index is 0.0989. The van der Waals surface area contributed by atoms with Crippen molar-refractivity contribution < 1.29 is 14.3 Å². The zero-order valence-electron chi connectivity index (χ0n) is 12.8. The summed E-state index contributed by atoms with van der Waals surface area (Å²) < 4.78 is 5.04. The topological polar surface area (TPSA) is 67.4 Å². The second kappa shape index (κ2) is 7.16. The van der Waals surface area contributed by atoms with Crippen LogP contribution in [0.15, 0.2) is 12.2 Å². The van der Waals surface area contributed by atoms with Crippen molar-refractivity contribution in [3.05, 3.63) is 12.2 Å². The fourth-order valence-corrected chi connectivity index (χ4v) is 1.32. The third-order valence-electron chi connectivity index (χ3n) is 2.02. The molecule has 0 aliphatic heterocycles. The van der Waals surface area contributed by atoms with E-state index in [9.17, 15) is 9.59 Å². The van der Waals surface area contributed by atoms with Gasteiger partial charge >= 0.3 is 6.09 Å². The number of carbonyl (C=O) groups is 2. The van der Waals surface area contributed by atoms with Crippen LogP contribution in [-0.2, 0) is 9.53 Å². The first-order valence-corrected chi connectivity index (χ1v) is 6.51. The van der Waals surface area contributed by atoms with E-state index in [0.717, 1.165) is 6.42 Å². The van der Waals surface area contributed by atoms with E-state index in [-0.39, 0.29) is 12.5 Å². The maximum absolute atomic E-state index is 11.7. The van der Waals surface area contributed by atoms with Gasteiger partial charge in [0.25, 0.3) is 0 Å². The highest BCUT2D eigenvalue weighted by atomic mass is 16.6. The molecule has 0 rings (SSSR count). The van der Waals surface area contributed by atoms with Crippen LogP contribution in [0.25, 0.3) is 0 Å². The average Bonchev–Trinajstić information content (AvgIpc) is 2.21. The maximum atomic E-state index is 11.7. The molecule has 0 heterocycles. The Hall–Kier alpha value is -1.52. The summed E-state index contributed by atoms with van der Waals surface area (Å²) in [5, 5.41) is 5.23. The van der Waals surface area contributed by atoms with Crippen molar-refractivity contribution in [3.63, 3.8) is 0 Å². The molecule has 0 saturated carbocycles. The van der Waals surface area contributed by atoms with Gasteiger partial charge in [0.05, 0.1) is 5.54 Å². The van der Waals surface area contributed by atoms with Crippen molar-refractivity contribution in [1.29, 1.82) is 0 Å². The number of carbonyl (C=O) groups excluding carboxylic acids is 2. The van der Waals surface area contributed by atoms with Crippen LogP contribution < -0.4 is 10.6 Å². The summed E-state index contributed by atoms with van der Waals surface area (Å²) in [6, 6.07) is 0. The molecule has 0 unspecified atom stereocenters. The zero-order chi connectivity index (χ0) is 15.1. The van der Waals surface area contributed by atoms with Crippen molar-refractivity contribution in [1.82, 2.24) is 10.6 Å². The fraction of sp³-hybridized carbons (Fsp3) is 0.714. The van der Waals surface area contributed by atoms with Gasteiger partial charge in [-0.2, -0.15) is 0 Å². The predicted molar refractivity (Wildman–Crippen MR) is 75.9 cm³/mol. The molecule has 110 valence electrons. The second-order valence-corrected chi connectivity index (χ2v) is 5.94. The summed E-state index contributed by atoms with van der Waals surface area (Å²) in [6.07, 6.45) is 4.24. The molecule has 0 aliphatic rings. The van der Waals surface area contributed by atoms with Crippen molar-refractivity contribution in [2.24, 2.45) is 0 Å². The SMILES string of the molecule is CC/C=C\C(C)(C)NC(=O)CNC(=O)OC(C)(C)C. The fourth-order valence-electron chi connectivity index (χ4n) is 1.32. The van der Waals surface area contributed by atoms with Gasteiger partial charge in [0.2, 0.25) is 5.91 Å². The summed E-state index contributed by atoms with van der Waals surface area (Å²) in [4.78, 5) is 23.1. The third-order valence-corrected chi connectivity index (χ3v) is 2.02. The summed E-state index contributed by atoms with van der Waals surface area (Å²) in [6.45, 7) is 11.0. The van der Waals surface area contributed by atoms with Gasteiger partial charge in [0.15, 0.2) is 0 Å². The minimum Gasteiger partial charge on any atom is -0.444 e. The van der Waals surface area contributed by atoms with E-state index in [1.807, 2.05) is 32.9 Å². The lowest BCUT2D eigenvalue weighted by molar-refractivity contribution is -0.121. The predicted octanol–water partition coefficient (Wildman–Crippen LogP) is 2.37. The lowest BCUT2D eigenvalue weighted by Crippen LogP contribution is -2.47. The molecule has 19 heavy (non-hydrogen) atoms. The highest BCUT2D eigenvalue weighted by Crippen LogP contribution is 2.06. The van der Waals surface area contributed by atoms with E-state index < -0.39 is 17.2 Å². The molecule has 0 atom stereocenters. The molecule has 0 radical (unpaired) electrons. The molecule has 0 fully saturated rings. The number of allylic oxidation sites excluding steroid dienone is 1. The minimum atomic E-state index is -0.593. The third kappa shape index (κ3) is 10.1. The molecule has 0 saturated heterocycles. The summed E-state index contributed by atoms with van der Waals surface area (Å²) >= 11 is 0. The Bertz CT molecular complexity index is 341. The van der Waals surface area contributed by atoms with E-state index in [1.165, 1.54) is 0 Å². The molecule has 2 N–H and O–H groups in total. The van der Waals surface area contributed by atoms with Crippen LogP contribution >= 0.6 is 0 Å². The molecular weight excluding hydrogens is 244 g/mol. The van der Waals surface area contributed by atoms with Crippen molar-refractivity contribution >= 4 is 12.0 Å². The first-order chi connectivity index (χ1) is 8.56. The quantitative estimate of drug-likeness (QED) is 0.754. The van der Waals surface area contributed by atoms with Gasteiger partial charge < -0.3 is 15.4 Å². The number of amides is 2. The first-order valence-electron chi connectivity index (χ1n) is 6.51. The smallest absolute Gasteiger partial charge is 0.408 e. The van der Waals surface area contributed by atoms with Crippen molar-refractivity contribution in [2.75, 3.05) is 6.54 Å². The standard InChI is InChI=1S/C14H26N2O3/c1-7-8-9-14(5,6)16-11(17)10-15-12(18)19-13(2,3)4/h8-9H,7,10H2,1-6H3,(H,15,18)(H,16,17)/b9-8-. The van der Waals surface area contributed by atoms with Crippen LogP contribution in [0.2, 0.25) is 0 Å². The van der Waals surface area contributed by atoms with Gasteiger partial charge in [-0.15, -0.1) is 0 Å². The number of ether oxygens (including phenoxy) is 1. The van der Waals surface area contributed by atoms with E-state index in [0.29, 0.717) is 0 Å². The number of rotatable bonds is 5. The first kappa shape index (κ1) is 17.5. The average molecular weight is 270 g/mol. The van der Waals surface area contributed by atoms with Crippen molar-refractivity contribution in [3.8, 4) is 0 Å². The Balaban J connectivity index is 4.13. The summed E-state index contributed by atoms with van der Waals surface area (Å²) in [5.74, 6) is -0.253. The molecular formula is C14H26N2O3. The van der Waals surface area contributed by atoms with Crippen LogP contribution in [0.5, 0.6) is 0 Å².